The maximum absolute atomic E-state index is 11.6. The van der Waals surface area contributed by atoms with Gasteiger partial charge in [-0.1, -0.05) is 51.5 Å². The minimum absolute atomic E-state index is 0.0883. The van der Waals surface area contributed by atoms with E-state index in [0.717, 1.165) is 12.8 Å². The number of benzene rings is 1. The second-order valence-corrected chi connectivity index (χ2v) is 4.81. The molecule has 1 N–H and O–H groups in total. The van der Waals surface area contributed by atoms with Gasteiger partial charge in [-0.15, -0.1) is 0 Å². The Morgan fingerprint density at radius 1 is 1.11 bits per heavy atom. The Bertz CT molecular complexity index is 374. The largest absolute Gasteiger partial charge is 0.508 e. The average Bonchev–Trinajstić information content (AvgIpc) is 2.41. The van der Waals surface area contributed by atoms with Crippen molar-refractivity contribution < 1.29 is 14.6 Å². The number of phenolic OH excluding ortho intramolecular Hbond substituents is 1. The molecule has 1 rings (SSSR count). The third-order valence-electron chi connectivity index (χ3n) is 3.06. The topological polar surface area (TPSA) is 46.5 Å². The average molecular weight is 264 g/mol. The fraction of sp³-hybridized carbons (Fsp3) is 0.562. The summed E-state index contributed by atoms with van der Waals surface area (Å²) in [5, 5.41) is 9.27. The molecule has 1 aromatic rings. The lowest BCUT2D eigenvalue weighted by Gasteiger charge is -2.05. The molecule has 0 spiro atoms. The van der Waals surface area contributed by atoms with Gasteiger partial charge in [0, 0.05) is 0 Å². The molecule has 0 aliphatic heterocycles. The summed E-state index contributed by atoms with van der Waals surface area (Å²) in [5.74, 6) is -0.271. The zero-order chi connectivity index (χ0) is 13.9. The van der Waals surface area contributed by atoms with Crippen molar-refractivity contribution in [3.05, 3.63) is 29.8 Å². The summed E-state index contributed by atoms with van der Waals surface area (Å²) in [4.78, 5) is 11.6. The molecule has 106 valence electrons. The number of aromatic hydroxyl groups is 1. The normalized spacial score (nSPS) is 10.4. The molecule has 0 saturated carbocycles. The minimum atomic E-state index is -0.359. The van der Waals surface area contributed by atoms with Crippen LogP contribution >= 0.6 is 0 Å². The van der Waals surface area contributed by atoms with Crippen molar-refractivity contribution in [2.24, 2.45) is 0 Å². The number of unbranched alkanes of at least 4 members (excludes halogenated alkanes) is 6. The van der Waals surface area contributed by atoms with E-state index in [-0.39, 0.29) is 11.7 Å². The maximum Gasteiger partial charge on any atom is 0.338 e. The summed E-state index contributed by atoms with van der Waals surface area (Å²) < 4.78 is 5.16. The highest BCUT2D eigenvalue weighted by molar-refractivity contribution is 5.89. The van der Waals surface area contributed by atoms with Crippen LogP contribution in [0, 0.1) is 0 Å². The SMILES string of the molecule is CCCCCCCCCOC(=O)c1cccc(O)c1. The number of carbonyl (C=O) groups is 1. The van der Waals surface area contributed by atoms with Crippen molar-refractivity contribution >= 4 is 5.97 Å². The first-order valence-corrected chi connectivity index (χ1v) is 7.20. The molecule has 0 radical (unpaired) electrons. The van der Waals surface area contributed by atoms with E-state index >= 15 is 0 Å². The number of ether oxygens (including phenoxy) is 1. The lowest BCUT2D eigenvalue weighted by atomic mass is 10.1. The van der Waals surface area contributed by atoms with Gasteiger partial charge in [0.15, 0.2) is 0 Å². The van der Waals surface area contributed by atoms with Gasteiger partial charge in [0.2, 0.25) is 0 Å². The molecule has 0 aliphatic carbocycles. The molecule has 0 aromatic heterocycles. The van der Waals surface area contributed by atoms with Gasteiger partial charge in [-0.3, -0.25) is 0 Å². The summed E-state index contributed by atoms with van der Waals surface area (Å²) in [6, 6.07) is 6.24. The van der Waals surface area contributed by atoms with Crippen LogP contribution < -0.4 is 0 Å². The molecule has 0 unspecified atom stereocenters. The molecule has 0 heterocycles. The van der Waals surface area contributed by atoms with Gasteiger partial charge in [-0.25, -0.2) is 4.79 Å². The van der Waals surface area contributed by atoms with Crippen LogP contribution in [0.1, 0.15) is 62.2 Å². The smallest absolute Gasteiger partial charge is 0.338 e. The minimum Gasteiger partial charge on any atom is -0.508 e. The molecule has 3 nitrogen and oxygen atoms in total. The van der Waals surface area contributed by atoms with Crippen LogP contribution in [0.3, 0.4) is 0 Å². The molecule has 0 aliphatic rings. The first-order chi connectivity index (χ1) is 9.24. The van der Waals surface area contributed by atoms with Crippen molar-refractivity contribution in [2.45, 2.75) is 51.9 Å². The summed E-state index contributed by atoms with van der Waals surface area (Å²) in [6.07, 6.45) is 8.39. The lowest BCUT2D eigenvalue weighted by molar-refractivity contribution is 0.0497. The van der Waals surface area contributed by atoms with Gasteiger partial charge in [-0.2, -0.15) is 0 Å². The highest BCUT2D eigenvalue weighted by Gasteiger charge is 2.06. The predicted octanol–water partition coefficient (Wildman–Crippen LogP) is 4.30. The van der Waals surface area contributed by atoms with E-state index in [4.69, 9.17) is 4.74 Å². The molecule has 3 heteroatoms. The van der Waals surface area contributed by atoms with Gasteiger partial charge >= 0.3 is 5.97 Å². The molecule has 0 saturated heterocycles. The zero-order valence-corrected chi connectivity index (χ0v) is 11.7. The van der Waals surface area contributed by atoms with Crippen LogP contribution in [0.25, 0.3) is 0 Å². The zero-order valence-electron chi connectivity index (χ0n) is 11.7. The van der Waals surface area contributed by atoms with Crippen LogP contribution in [0.4, 0.5) is 0 Å². The summed E-state index contributed by atoms with van der Waals surface area (Å²) >= 11 is 0. The Kier molecular flexibility index (Phi) is 7.71. The fourth-order valence-electron chi connectivity index (χ4n) is 1.94. The van der Waals surface area contributed by atoms with E-state index in [9.17, 15) is 9.90 Å². The van der Waals surface area contributed by atoms with Gasteiger partial charge in [0.1, 0.15) is 5.75 Å². The Morgan fingerprint density at radius 2 is 1.79 bits per heavy atom. The summed E-state index contributed by atoms with van der Waals surface area (Å²) in [6.45, 7) is 2.67. The standard InChI is InChI=1S/C16H24O3/c1-2-3-4-5-6-7-8-12-19-16(18)14-10-9-11-15(17)13-14/h9-11,13,17H,2-8,12H2,1H3. The number of hydrogen-bond donors (Lipinski definition) is 1. The molecule has 19 heavy (non-hydrogen) atoms. The lowest BCUT2D eigenvalue weighted by Crippen LogP contribution is -2.06. The molecular weight excluding hydrogens is 240 g/mol. The van der Waals surface area contributed by atoms with Crippen LogP contribution in [0.15, 0.2) is 24.3 Å². The van der Waals surface area contributed by atoms with E-state index < -0.39 is 0 Å². The van der Waals surface area contributed by atoms with Gasteiger partial charge in [0.25, 0.3) is 0 Å². The highest BCUT2D eigenvalue weighted by Crippen LogP contribution is 2.12. The van der Waals surface area contributed by atoms with Gasteiger partial charge < -0.3 is 9.84 Å². The molecule has 0 fully saturated rings. The van der Waals surface area contributed by atoms with Crippen LogP contribution in [-0.4, -0.2) is 17.7 Å². The Morgan fingerprint density at radius 3 is 2.47 bits per heavy atom. The Balaban J connectivity index is 2.08. The highest BCUT2D eigenvalue weighted by atomic mass is 16.5. The third-order valence-corrected chi connectivity index (χ3v) is 3.06. The van der Waals surface area contributed by atoms with Crippen molar-refractivity contribution in [3.8, 4) is 5.75 Å². The fourth-order valence-corrected chi connectivity index (χ4v) is 1.94. The summed E-state index contributed by atoms with van der Waals surface area (Å²) in [7, 11) is 0. The molecule has 0 atom stereocenters. The third kappa shape index (κ3) is 6.85. The molecule has 1 aromatic carbocycles. The van der Waals surface area contributed by atoms with Crippen LogP contribution in [0.2, 0.25) is 0 Å². The second-order valence-electron chi connectivity index (χ2n) is 4.81. The van der Waals surface area contributed by atoms with Gasteiger partial charge in [-0.05, 0) is 24.6 Å². The van der Waals surface area contributed by atoms with E-state index in [0.29, 0.717) is 12.2 Å². The predicted molar refractivity (Wildman–Crippen MR) is 76.4 cm³/mol. The van der Waals surface area contributed by atoms with E-state index in [1.807, 2.05) is 0 Å². The number of rotatable bonds is 9. The van der Waals surface area contributed by atoms with Crippen LogP contribution in [-0.2, 0) is 4.74 Å². The van der Waals surface area contributed by atoms with E-state index in [2.05, 4.69) is 6.92 Å². The quantitative estimate of drug-likeness (QED) is 0.534. The monoisotopic (exact) mass is 264 g/mol. The van der Waals surface area contributed by atoms with Crippen molar-refractivity contribution in [3.63, 3.8) is 0 Å². The van der Waals surface area contributed by atoms with Crippen molar-refractivity contribution in [1.29, 1.82) is 0 Å². The number of phenols is 1. The first-order valence-electron chi connectivity index (χ1n) is 7.20. The molecule has 0 bridgehead atoms. The van der Waals surface area contributed by atoms with Crippen molar-refractivity contribution in [2.75, 3.05) is 6.61 Å². The Hall–Kier alpha value is -1.51. The van der Waals surface area contributed by atoms with Crippen LogP contribution in [0.5, 0.6) is 5.75 Å². The van der Waals surface area contributed by atoms with E-state index in [1.165, 1.54) is 44.2 Å². The number of hydrogen-bond acceptors (Lipinski definition) is 3. The second kappa shape index (κ2) is 9.42. The first kappa shape index (κ1) is 15.5. The Labute approximate surface area is 115 Å². The molecule has 0 amide bonds. The number of esters is 1. The number of carbonyl (C=O) groups excluding carboxylic acids is 1. The van der Waals surface area contributed by atoms with E-state index in [1.54, 1.807) is 12.1 Å². The van der Waals surface area contributed by atoms with Crippen molar-refractivity contribution in [1.82, 2.24) is 0 Å². The maximum atomic E-state index is 11.6. The summed E-state index contributed by atoms with van der Waals surface area (Å²) in [5.41, 5.74) is 0.406. The molecular formula is C16H24O3. The van der Waals surface area contributed by atoms with Gasteiger partial charge in [0.05, 0.1) is 12.2 Å².